The number of nitrogens with zero attached hydrogens (tertiary/aromatic N) is 3. The molecule has 5 nitrogen and oxygen atoms in total. The van der Waals surface area contributed by atoms with Gasteiger partial charge in [0.05, 0.1) is 10.6 Å². The van der Waals surface area contributed by atoms with Gasteiger partial charge >= 0.3 is 0 Å². The van der Waals surface area contributed by atoms with Crippen LogP contribution in [0.25, 0.3) is 0 Å². The molecule has 0 aliphatic carbocycles. The molecule has 1 aliphatic heterocycles. The molecule has 3 rings (SSSR count). The second kappa shape index (κ2) is 8.04. The Hall–Kier alpha value is -1.82. The molecular formula is C18H20Cl2N4O. The van der Waals surface area contributed by atoms with E-state index in [1.54, 1.807) is 0 Å². The fourth-order valence-corrected chi connectivity index (χ4v) is 3.10. The fourth-order valence-electron chi connectivity index (χ4n) is 2.83. The number of rotatable bonds is 4. The molecule has 0 atom stereocenters. The first-order chi connectivity index (χ1) is 12.1. The molecule has 1 aromatic heterocycles. The van der Waals surface area contributed by atoms with Crippen LogP contribution in [-0.4, -0.2) is 48.5 Å². The van der Waals surface area contributed by atoms with Gasteiger partial charge in [-0.1, -0.05) is 30.1 Å². The Kier molecular flexibility index (Phi) is 5.78. The van der Waals surface area contributed by atoms with Crippen molar-refractivity contribution in [3.8, 4) is 0 Å². The molecule has 0 bridgehead atoms. The molecule has 1 fully saturated rings. The number of piperazine rings is 1. The molecule has 25 heavy (non-hydrogen) atoms. The third kappa shape index (κ3) is 4.42. The van der Waals surface area contributed by atoms with E-state index in [-0.39, 0.29) is 16.1 Å². The molecule has 1 aliphatic rings. The highest BCUT2D eigenvalue weighted by Gasteiger charge is 2.16. The van der Waals surface area contributed by atoms with Gasteiger partial charge < -0.3 is 15.1 Å². The van der Waals surface area contributed by atoms with Crippen LogP contribution < -0.4 is 10.2 Å². The summed E-state index contributed by atoms with van der Waals surface area (Å²) in [5.74, 6) is -0.268. The Bertz CT molecular complexity index is 743. The minimum atomic E-state index is -0.268. The van der Waals surface area contributed by atoms with Crippen molar-refractivity contribution in [2.75, 3.05) is 42.9 Å². The van der Waals surface area contributed by atoms with E-state index in [1.165, 1.54) is 18.0 Å². The van der Waals surface area contributed by atoms with Gasteiger partial charge in [0, 0.05) is 43.8 Å². The highest BCUT2D eigenvalue weighted by Crippen LogP contribution is 2.22. The Morgan fingerprint density at radius 3 is 2.44 bits per heavy atom. The summed E-state index contributed by atoms with van der Waals surface area (Å²) < 4.78 is 0. The van der Waals surface area contributed by atoms with Crippen molar-refractivity contribution in [1.82, 2.24) is 9.88 Å². The average Bonchev–Trinajstić information content (AvgIpc) is 2.64. The number of halogens is 2. The summed E-state index contributed by atoms with van der Waals surface area (Å²) in [6, 6.07) is 9.39. The summed E-state index contributed by atoms with van der Waals surface area (Å²) in [6.07, 6.45) is 1.41. The van der Waals surface area contributed by atoms with Crippen LogP contribution in [0.1, 0.15) is 17.3 Å². The van der Waals surface area contributed by atoms with Gasteiger partial charge in [0.25, 0.3) is 5.91 Å². The number of aromatic nitrogens is 1. The van der Waals surface area contributed by atoms with Gasteiger partial charge in [-0.05, 0) is 36.9 Å². The highest BCUT2D eigenvalue weighted by atomic mass is 35.5. The van der Waals surface area contributed by atoms with Gasteiger partial charge in [0.15, 0.2) is 0 Å². The summed E-state index contributed by atoms with van der Waals surface area (Å²) in [5.41, 5.74) is 2.27. The zero-order chi connectivity index (χ0) is 17.8. The minimum absolute atomic E-state index is 0.186. The van der Waals surface area contributed by atoms with E-state index < -0.39 is 0 Å². The van der Waals surface area contributed by atoms with Crippen LogP contribution in [0.2, 0.25) is 10.2 Å². The molecule has 0 unspecified atom stereocenters. The fraction of sp³-hybridized carbons (Fsp3) is 0.333. The lowest BCUT2D eigenvalue weighted by atomic mass is 10.2. The van der Waals surface area contributed by atoms with Gasteiger partial charge in [-0.15, -0.1) is 0 Å². The van der Waals surface area contributed by atoms with Crippen molar-refractivity contribution in [2.24, 2.45) is 0 Å². The number of anilines is 2. The maximum Gasteiger partial charge on any atom is 0.257 e. The predicted molar refractivity (Wildman–Crippen MR) is 103 cm³/mol. The lowest BCUT2D eigenvalue weighted by Gasteiger charge is -2.35. The van der Waals surface area contributed by atoms with Gasteiger partial charge in [-0.25, -0.2) is 4.98 Å². The van der Waals surface area contributed by atoms with Gasteiger partial charge in [-0.3, -0.25) is 4.79 Å². The topological polar surface area (TPSA) is 48.5 Å². The summed E-state index contributed by atoms with van der Waals surface area (Å²) in [5, 5.41) is 3.29. The van der Waals surface area contributed by atoms with Crippen LogP contribution >= 0.6 is 23.2 Å². The van der Waals surface area contributed by atoms with Crippen molar-refractivity contribution in [3.05, 3.63) is 52.3 Å². The van der Waals surface area contributed by atoms with Crippen molar-refractivity contribution >= 4 is 40.5 Å². The van der Waals surface area contributed by atoms with Crippen LogP contribution in [0.15, 0.2) is 36.5 Å². The van der Waals surface area contributed by atoms with Gasteiger partial charge in [0.2, 0.25) is 0 Å². The summed E-state index contributed by atoms with van der Waals surface area (Å²) >= 11 is 11.7. The number of hydrogen-bond donors (Lipinski definition) is 1. The van der Waals surface area contributed by atoms with Crippen molar-refractivity contribution in [2.45, 2.75) is 6.92 Å². The maximum absolute atomic E-state index is 12.3. The smallest absolute Gasteiger partial charge is 0.257 e. The van der Waals surface area contributed by atoms with Crippen LogP contribution in [0.3, 0.4) is 0 Å². The molecule has 2 aromatic rings. The quantitative estimate of drug-likeness (QED) is 0.822. The molecule has 1 N–H and O–H groups in total. The van der Waals surface area contributed by atoms with E-state index in [0.717, 1.165) is 38.4 Å². The predicted octanol–water partition coefficient (Wildman–Crippen LogP) is 3.78. The van der Waals surface area contributed by atoms with Crippen molar-refractivity contribution in [3.63, 3.8) is 0 Å². The zero-order valence-electron chi connectivity index (χ0n) is 14.0. The highest BCUT2D eigenvalue weighted by molar-refractivity contribution is 6.41. The molecule has 0 saturated carbocycles. The largest absolute Gasteiger partial charge is 0.369 e. The lowest BCUT2D eigenvalue weighted by molar-refractivity contribution is 0.102. The van der Waals surface area contributed by atoms with E-state index in [1.807, 2.05) is 24.3 Å². The van der Waals surface area contributed by atoms with Gasteiger partial charge in [-0.2, -0.15) is 0 Å². The first-order valence-corrected chi connectivity index (χ1v) is 9.02. The monoisotopic (exact) mass is 378 g/mol. The first-order valence-electron chi connectivity index (χ1n) is 8.26. The van der Waals surface area contributed by atoms with E-state index in [0.29, 0.717) is 5.56 Å². The Balaban J connectivity index is 1.62. The second-order valence-electron chi connectivity index (χ2n) is 5.92. The number of carbonyl (C=O) groups is 1. The summed E-state index contributed by atoms with van der Waals surface area (Å²) in [4.78, 5) is 21.0. The van der Waals surface area contributed by atoms with Crippen LogP contribution in [-0.2, 0) is 0 Å². The molecule has 1 saturated heterocycles. The Morgan fingerprint density at radius 2 is 1.84 bits per heavy atom. The SMILES string of the molecule is CCN1CCN(c2ccc(NC(=O)c3cnc(Cl)c(Cl)c3)cc2)CC1. The van der Waals surface area contributed by atoms with E-state index in [4.69, 9.17) is 23.2 Å². The molecule has 0 spiro atoms. The molecule has 7 heteroatoms. The molecule has 1 amide bonds. The molecule has 0 radical (unpaired) electrons. The van der Waals surface area contributed by atoms with Crippen molar-refractivity contribution < 1.29 is 4.79 Å². The number of benzene rings is 1. The molecule has 2 heterocycles. The number of amides is 1. The Labute approximate surface area is 157 Å². The number of hydrogen-bond acceptors (Lipinski definition) is 4. The minimum Gasteiger partial charge on any atom is -0.369 e. The zero-order valence-corrected chi connectivity index (χ0v) is 15.5. The second-order valence-corrected chi connectivity index (χ2v) is 6.68. The first kappa shape index (κ1) is 18.0. The standard InChI is InChI=1S/C18H20Cl2N4O/c1-2-23-7-9-24(10-8-23)15-5-3-14(4-6-15)22-18(25)13-11-16(19)17(20)21-12-13/h3-6,11-12H,2,7-10H2,1H3,(H,22,25). The van der Waals surface area contributed by atoms with Gasteiger partial charge in [0.1, 0.15) is 5.15 Å². The normalized spacial score (nSPS) is 15.2. The maximum atomic E-state index is 12.3. The molecule has 132 valence electrons. The van der Waals surface area contributed by atoms with E-state index >= 15 is 0 Å². The van der Waals surface area contributed by atoms with Crippen LogP contribution in [0.5, 0.6) is 0 Å². The molecule has 1 aromatic carbocycles. The number of pyridine rings is 1. The number of likely N-dealkylation sites (N-methyl/N-ethyl adjacent to an activating group) is 1. The third-order valence-corrected chi connectivity index (χ3v) is 5.05. The molecular weight excluding hydrogens is 359 g/mol. The van der Waals surface area contributed by atoms with Crippen molar-refractivity contribution in [1.29, 1.82) is 0 Å². The van der Waals surface area contributed by atoms with Crippen LogP contribution in [0.4, 0.5) is 11.4 Å². The third-order valence-electron chi connectivity index (χ3n) is 4.37. The number of carbonyl (C=O) groups excluding carboxylic acids is 1. The van der Waals surface area contributed by atoms with Crippen LogP contribution in [0, 0.1) is 0 Å². The lowest BCUT2D eigenvalue weighted by Crippen LogP contribution is -2.46. The van der Waals surface area contributed by atoms with E-state index in [2.05, 4.69) is 27.0 Å². The Morgan fingerprint density at radius 1 is 1.16 bits per heavy atom. The summed E-state index contributed by atoms with van der Waals surface area (Å²) in [6.45, 7) is 7.50. The summed E-state index contributed by atoms with van der Waals surface area (Å²) in [7, 11) is 0. The number of nitrogens with one attached hydrogen (secondary N) is 1. The van der Waals surface area contributed by atoms with E-state index in [9.17, 15) is 4.79 Å². The average molecular weight is 379 g/mol.